The molecular weight excluding hydrogens is 210 g/mol. The summed E-state index contributed by atoms with van der Waals surface area (Å²) < 4.78 is 29.3. The summed E-state index contributed by atoms with van der Waals surface area (Å²) in [6.07, 6.45) is -0.447. The van der Waals surface area contributed by atoms with Gasteiger partial charge in [-0.15, -0.1) is 0 Å². The molecule has 14 heavy (non-hydrogen) atoms. The van der Waals surface area contributed by atoms with E-state index in [4.69, 9.17) is 14.9 Å². The van der Waals surface area contributed by atoms with Crippen LogP contribution >= 0.6 is 0 Å². The fourth-order valence-electron chi connectivity index (χ4n) is 1.30. The van der Waals surface area contributed by atoms with Crippen molar-refractivity contribution in [2.75, 3.05) is 38.7 Å². The molecule has 1 atom stereocenters. The average molecular weight is 225 g/mol. The van der Waals surface area contributed by atoms with E-state index in [1.807, 2.05) is 0 Å². The van der Waals surface area contributed by atoms with E-state index in [1.165, 1.54) is 4.31 Å². The fraction of sp³-hybridized carbons (Fsp3) is 1.00. The van der Waals surface area contributed by atoms with Gasteiger partial charge in [0.2, 0.25) is 10.0 Å². The van der Waals surface area contributed by atoms with Gasteiger partial charge in [-0.1, -0.05) is 0 Å². The van der Waals surface area contributed by atoms with E-state index in [2.05, 4.69) is 0 Å². The average Bonchev–Trinajstić information content (AvgIpc) is 2.18. The minimum Gasteiger partial charge on any atom is -0.395 e. The van der Waals surface area contributed by atoms with Gasteiger partial charge in [-0.2, -0.15) is 4.31 Å². The Morgan fingerprint density at radius 3 is 2.71 bits per heavy atom. The van der Waals surface area contributed by atoms with Crippen LogP contribution in [0.2, 0.25) is 0 Å². The van der Waals surface area contributed by atoms with Crippen LogP contribution in [0.1, 0.15) is 0 Å². The zero-order valence-corrected chi connectivity index (χ0v) is 8.61. The van der Waals surface area contributed by atoms with Crippen molar-refractivity contribution in [3.8, 4) is 0 Å². The van der Waals surface area contributed by atoms with Crippen LogP contribution in [0.4, 0.5) is 0 Å². The highest BCUT2D eigenvalue weighted by Crippen LogP contribution is 2.09. The Morgan fingerprint density at radius 2 is 2.14 bits per heavy atom. The van der Waals surface area contributed by atoms with Gasteiger partial charge in [-0.05, 0) is 0 Å². The molecule has 0 amide bonds. The van der Waals surface area contributed by atoms with Gasteiger partial charge in [-0.3, -0.25) is 0 Å². The van der Waals surface area contributed by atoms with E-state index in [0.29, 0.717) is 6.54 Å². The van der Waals surface area contributed by atoms with Crippen molar-refractivity contribution in [2.45, 2.75) is 6.10 Å². The number of hydrogen-bond acceptors (Lipinski definition) is 5. The van der Waals surface area contributed by atoms with Gasteiger partial charge in [-0.25, -0.2) is 8.42 Å². The van der Waals surface area contributed by atoms with Crippen molar-refractivity contribution in [3.63, 3.8) is 0 Å². The lowest BCUT2D eigenvalue weighted by molar-refractivity contribution is -0.0305. The third kappa shape index (κ3) is 2.89. The summed E-state index contributed by atoms with van der Waals surface area (Å²) in [6.45, 7) is 0.169. The Kier molecular flexibility index (Phi) is 4.27. The van der Waals surface area contributed by atoms with Gasteiger partial charge in [0.15, 0.2) is 0 Å². The minimum atomic E-state index is -3.38. The molecule has 1 aliphatic rings. The Hall–Kier alpha value is -0.210. The first-order valence-electron chi connectivity index (χ1n) is 4.41. The highest BCUT2D eigenvalue weighted by molar-refractivity contribution is 7.89. The molecule has 1 saturated heterocycles. The van der Waals surface area contributed by atoms with Crippen molar-refractivity contribution < 1.29 is 23.4 Å². The summed E-state index contributed by atoms with van der Waals surface area (Å²) in [5.74, 6) is -0.273. The van der Waals surface area contributed by atoms with Crippen LogP contribution in [0.3, 0.4) is 0 Å². The highest BCUT2D eigenvalue weighted by atomic mass is 32.2. The summed E-state index contributed by atoms with van der Waals surface area (Å²) in [4.78, 5) is 0. The number of sulfonamides is 1. The Balaban J connectivity index is 2.59. The molecule has 0 aromatic carbocycles. The smallest absolute Gasteiger partial charge is 0.216 e. The summed E-state index contributed by atoms with van der Waals surface area (Å²) in [6, 6.07) is 0. The zero-order valence-electron chi connectivity index (χ0n) is 7.79. The van der Waals surface area contributed by atoms with Crippen LogP contribution in [0.25, 0.3) is 0 Å². The molecule has 0 aromatic heterocycles. The molecule has 6 nitrogen and oxygen atoms in total. The molecule has 0 aromatic rings. The van der Waals surface area contributed by atoms with Crippen LogP contribution < -0.4 is 0 Å². The van der Waals surface area contributed by atoms with Crippen LogP contribution in [-0.2, 0) is 14.8 Å². The van der Waals surface area contributed by atoms with Crippen molar-refractivity contribution >= 4 is 10.0 Å². The topological polar surface area (TPSA) is 87.1 Å². The fourth-order valence-corrected chi connectivity index (χ4v) is 2.53. The number of aliphatic hydroxyl groups is 2. The van der Waals surface area contributed by atoms with E-state index in [1.54, 1.807) is 0 Å². The van der Waals surface area contributed by atoms with Crippen LogP contribution in [-0.4, -0.2) is 67.7 Å². The first kappa shape index (κ1) is 11.9. The van der Waals surface area contributed by atoms with Crippen LogP contribution in [0.15, 0.2) is 0 Å². The maximum Gasteiger partial charge on any atom is 0.216 e. The third-order valence-corrected chi connectivity index (χ3v) is 3.86. The van der Waals surface area contributed by atoms with Gasteiger partial charge in [0.05, 0.1) is 31.7 Å². The van der Waals surface area contributed by atoms with Crippen molar-refractivity contribution in [1.82, 2.24) is 4.31 Å². The number of nitrogens with zero attached hydrogens (tertiary/aromatic N) is 1. The lowest BCUT2D eigenvalue weighted by atomic mass is 10.3. The van der Waals surface area contributed by atoms with E-state index < -0.39 is 16.1 Å². The van der Waals surface area contributed by atoms with Gasteiger partial charge in [0.25, 0.3) is 0 Å². The van der Waals surface area contributed by atoms with Gasteiger partial charge >= 0.3 is 0 Å². The Bertz CT molecular complexity index is 265. The molecule has 1 heterocycles. The van der Waals surface area contributed by atoms with Crippen molar-refractivity contribution in [2.24, 2.45) is 0 Å². The van der Waals surface area contributed by atoms with Gasteiger partial charge in [0, 0.05) is 13.1 Å². The SMILES string of the molecule is O=S(=O)(CCO)N1CCOC(CO)C1. The van der Waals surface area contributed by atoms with E-state index in [9.17, 15) is 8.42 Å². The quantitative estimate of drug-likeness (QED) is 0.578. The van der Waals surface area contributed by atoms with Crippen molar-refractivity contribution in [3.05, 3.63) is 0 Å². The number of morpholine rings is 1. The second kappa shape index (κ2) is 5.04. The molecule has 0 saturated carbocycles. The predicted octanol–water partition coefficient (Wildman–Crippen LogP) is -2.00. The number of hydrogen-bond donors (Lipinski definition) is 2. The Labute approximate surface area is 83.1 Å². The second-order valence-corrected chi connectivity index (χ2v) is 5.16. The molecule has 1 aliphatic heterocycles. The standard InChI is InChI=1S/C7H15NO5S/c9-2-4-14(11,12)8-1-3-13-7(5-8)6-10/h7,9-10H,1-6H2. The molecular formula is C7H15NO5S. The molecule has 0 aliphatic carbocycles. The Morgan fingerprint density at radius 1 is 1.43 bits per heavy atom. The third-order valence-electron chi connectivity index (χ3n) is 2.05. The lowest BCUT2D eigenvalue weighted by Gasteiger charge is -2.30. The molecule has 2 N–H and O–H groups in total. The monoisotopic (exact) mass is 225 g/mol. The molecule has 0 bridgehead atoms. The van der Waals surface area contributed by atoms with E-state index in [-0.39, 0.29) is 32.1 Å². The molecule has 0 radical (unpaired) electrons. The molecule has 1 unspecified atom stereocenters. The largest absolute Gasteiger partial charge is 0.395 e. The number of aliphatic hydroxyl groups excluding tert-OH is 2. The molecule has 1 fully saturated rings. The summed E-state index contributed by atoms with van der Waals surface area (Å²) >= 11 is 0. The number of ether oxygens (including phenoxy) is 1. The van der Waals surface area contributed by atoms with Crippen molar-refractivity contribution in [1.29, 1.82) is 0 Å². The normalized spacial score (nSPS) is 25.1. The molecule has 7 heteroatoms. The summed E-state index contributed by atoms with van der Waals surface area (Å²) in [5.41, 5.74) is 0. The highest BCUT2D eigenvalue weighted by Gasteiger charge is 2.28. The zero-order chi connectivity index (χ0) is 10.6. The molecule has 84 valence electrons. The second-order valence-electron chi connectivity index (χ2n) is 3.07. The van der Waals surface area contributed by atoms with Gasteiger partial charge in [0.1, 0.15) is 0 Å². The maximum atomic E-state index is 11.5. The summed E-state index contributed by atoms with van der Waals surface area (Å²) in [5, 5.41) is 17.4. The molecule has 0 spiro atoms. The maximum absolute atomic E-state index is 11.5. The van der Waals surface area contributed by atoms with E-state index >= 15 is 0 Å². The number of rotatable bonds is 4. The molecule has 1 rings (SSSR count). The van der Waals surface area contributed by atoms with Crippen LogP contribution in [0, 0.1) is 0 Å². The predicted molar refractivity (Wildman–Crippen MR) is 49.3 cm³/mol. The first-order valence-corrected chi connectivity index (χ1v) is 6.02. The lowest BCUT2D eigenvalue weighted by Crippen LogP contribution is -2.47. The van der Waals surface area contributed by atoms with E-state index in [0.717, 1.165) is 0 Å². The van der Waals surface area contributed by atoms with Crippen LogP contribution in [0.5, 0.6) is 0 Å². The summed E-state index contributed by atoms with van der Waals surface area (Å²) in [7, 11) is -3.38. The first-order chi connectivity index (χ1) is 6.60. The van der Waals surface area contributed by atoms with Gasteiger partial charge < -0.3 is 14.9 Å². The minimum absolute atomic E-state index is 0.166.